The van der Waals surface area contributed by atoms with E-state index in [1.54, 1.807) is 42.5 Å². The second kappa shape index (κ2) is 6.00. The average molecular weight is 259 g/mol. The molecule has 98 valence electrons. The lowest BCUT2D eigenvalue weighted by Crippen LogP contribution is -2.01. The average Bonchev–Trinajstić information content (AvgIpc) is 2.46. The Kier molecular flexibility index (Phi) is 4.13. The molecule has 0 bridgehead atoms. The summed E-state index contributed by atoms with van der Waals surface area (Å²) in [6, 6.07) is 13.4. The van der Waals surface area contributed by atoms with E-state index in [4.69, 9.17) is 14.9 Å². The minimum atomic E-state index is -0.278. The highest BCUT2D eigenvalue weighted by Gasteiger charge is 2.03. The van der Waals surface area contributed by atoms with E-state index in [-0.39, 0.29) is 18.3 Å². The van der Waals surface area contributed by atoms with Crippen LogP contribution >= 0.6 is 0 Å². The Morgan fingerprint density at radius 2 is 1.79 bits per heavy atom. The van der Waals surface area contributed by atoms with Crippen LogP contribution in [-0.2, 0) is 11.3 Å². The van der Waals surface area contributed by atoms with Gasteiger partial charge in [-0.15, -0.1) is 0 Å². The summed E-state index contributed by atoms with van der Waals surface area (Å²) < 4.78 is 23.7. The minimum absolute atomic E-state index is 0.0978. The highest BCUT2D eigenvalue weighted by atomic mass is 19.1. The lowest BCUT2D eigenvalue weighted by molar-refractivity contribution is 0.300. The van der Waals surface area contributed by atoms with Crippen LogP contribution in [0.4, 0.5) is 4.39 Å². The van der Waals surface area contributed by atoms with E-state index in [1.807, 2.05) is 0 Å². The normalized spacial score (nSPS) is 10.0. The molecule has 0 aliphatic rings. The van der Waals surface area contributed by atoms with Crippen molar-refractivity contribution in [2.24, 2.45) is 0 Å². The summed E-state index contributed by atoms with van der Waals surface area (Å²) in [6.07, 6.45) is 0. The van der Waals surface area contributed by atoms with Crippen molar-refractivity contribution in [1.29, 1.82) is 5.41 Å². The van der Waals surface area contributed by atoms with Gasteiger partial charge in [-0.3, -0.25) is 5.41 Å². The number of nitrogens with one attached hydrogen (secondary N) is 1. The predicted molar refractivity (Wildman–Crippen MR) is 71.0 cm³/mol. The van der Waals surface area contributed by atoms with Crippen LogP contribution in [0.1, 0.15) is 11.1 Å². The van der Waals surface area contributed by atoms with E-state index >= 15 is 0 Å². The molecule has 0 fully saturated rings. The summed E-state index contributed by atoms with van der Waals surface area (Å²) in [5.74, 6) is 0.442. The number of methoxy groups -OCH3 is 1. The molecule has 1 N–H and O–H groups in total. The van der Waals surface area contributed by atoms with E-state index in [0.717, 1.165) is 0 Å². The number of rotatable bonds is 4. The smallest absolute Gasteiger partial charge is 0.212 e. The molecule has 2 rings (SSSR count). The molecule has 0 saturated heterocycles. The van der Waals surface area contributed by atoms with Crippen LogP contribution in [-0.4, -0.2) is 13.0 Å². The van der Waals surface area contributed by atoms with Gasteiger partial charge in [-0.25, -0.2) is 4.39 Å². The summed E-state index contributed by atoms with van der Waals surface area (Å²) in [5.41, 5.74) is 1.18. The fraction of sp³-hybridized carbons (Fsp3) is 0.133. The zero-order valence-corrected chi connectivity index (χ0v) is 10.5. The van der Waals surface area contributed by atoms with Crippen LogP contribution in [0.25, 0.3) is 0 Å². The molecule has 0 amide bonds. The molecule has 0 atom stereocenters. The maximum Gasteiger partial charge on any atom is 0.212 e. The molecule has 19 heavy (non-hydrogen) atoms. The minimum Gasteiger partial charge on any atom is -0.489 e. The highest BCUT2D eigenvalue weighted by molar-refractivity contribution is 5.91. The Balaban J connectivity index is 2.01. The zero-order chi connectivity index (χ0) is 13.7. The molecule has 2 aromatic rings. The van der Waals surface area contributed by atoms with Crippen molar-refractivity contribution >= 4 is 5.90 Å². The van der Waals surface area contributed by atoms with Gasteiger partial charge in [0.05, 0.1) is 7.11 Å². The van der Waals surface area contributed by atoms with Gasteiger partial charge < -0.3 is 9.47 Å². The largest absolute Gasteiger partial charge is 0.489 e. The van der Waals surface area contributed by atoms with E-state index in [0.29, 0.717) is 16.9 Å². The first kappa shape index (κ1) is 13.1. The molecule has 0 unspecified atom stereocenters. The monoisotopic (exact) mass is 259 g/mol. The van der Waals surface area contributed by atoms with Crippen LogP contribution in [0, 0.1) is 11.2 Å². The molecule has 0 aliphatic heterocycles. The predicted octanol–water partition coefficient (Wildman–Crippen LogP) is 3.38. The van der Waals surface area contributed by atoms with Gasteiger partial charge in [0.15, 0.2) is 0 Å². The molecule has 0 radical (unpaired) electrons. The molecular weight excluding hydrogens is 245 g/mol. The Morgan fingerprint density at radius 1 is 1.11 bits per heavy atom. The van der Waals surface area contributed by atoms with Crippen LogP contribution in [0.2, 0.25) is 0 Å². The summed E-state index contributed by atoms with van der Waals surface area (Å²) in [4.78, 5) is 0. The van der Waals surface area contributed by atoms with E-state index < -0.39 is 0 Å². The maximum absolute atomic E-state index is 13.4. The van der Waals surface area contributed by atoms with Crippen LogP contribution in [0.3, 0.4) is 0 Å². The number of hydrogen-bond donors (Lipinski definition) is 1. The zero-order valence-electron chi connectivity index (χ0n) is 10.5. The number of ether oxygens (including phenoxy) is 2. The molecule has 2 aromatic carbocycles. The van der Waals surface area contributed by atoms with Crippen molar-refractivity contribution in [1.82, 2.24) is 0 Å². The van der Waals surface area contributed by atoms with Crippen LogP contribution in [0.5, 0.6) is 5.75 Å². The van der Waals surface area contributed by atoms with E-state index in [9.17, 15) is 4.39 Å². The van der Waals surface area contributed by atoms with Gasteiger partial charge in [-0.1, -0.05) is 18.2 Å². The summed E-state index contributed by atoms with van der Waals surface area (Å²) in [6.45, 7) is 0.174. The second-order valence-corrected chi connectivity index (χ2v) is 3.94. The third kappa shape index (κ3) is 3.31. The molecule has 0 aliphatic carbocycles. The second-order valence-electron chi connectivity index (χ2n) is 3.94. The molecule has 0 heterocycles. The molecule has 4 heteroatoms. The van der Waals surface area contributed by atoms with Gasteiger partial charge in [0.25, 0.3) is 0 Å². The lowest BCUT2D eigenvalue weighted by atomic mass is 10.2. The summed E-state index contributed by atoms with van der Waals surface area (Å²) >= 11 is 0. The van der Waals surface area contributed by atoms with Gasteiger partial charge in [0, 0.05) is 11.1 Å². The number of halogens is 1. The molecule has 0 spiro atoms. The van der Waals surface area contributed by atoms with Crippen LogP contribution < -0.4 is 4.74 Å². The van der Waals surface area contributed by atoms with Crippen molar-refractivity contribution in [2.75, 3.05) is 7.11 Å². The third-order valence-corrected chi connectivity index (χ3v) is 2.67. The van der Waals surface area contributed by atoms with Gasteiger partial charge in [-0.2, -0.15) is 0 Å². The molecule has 3 nitrogen and oxygen atoms in total. The molecule has 0 saturated carbocycles. The number of hydrogen-bond acceptors (Lipinski definition) is 3. The Morgan fingerprint density at radius 3 is 2.42 bits per heavy atom. The topological polar surface area (TPSA) is 42.3 Å². The number of benzene rings is 2. The molecule has 0 aromatic heterocycles. The first-order valence-corrected chi connectivity index (χ1v) is 5.80. The molecular formula is C15H14FNO2. The third-order valence-electron chi connectivity index (χ3n) is 2.67. The van der Waals surface area contributed by atoms with Crippen molar-refractivity contribution < 1.29 is 13.9 Å². The van der Waals surface area contributed by atoms with Gasteiger partial charge in [0.1, 0.15) is 18.2 Å². The maximum atomic E-state index is 13.4. The Hall–Kier alpha value is -2.36. The van der Waals surface area contributed by atoms with Crippen molar-refractivity contribution in [3.63, 3.8) is 0 Å². The first-order chi connectivity index (χ1) is 9.20. The first-order valence-electron chi connectivity index (χ1n) is 5.80. The van der Waals surface area contributed by atoms with Crippen molar-refractivity contribution in [3.05, 3.63) is 65.5 Å². The lowest BCUT2D eigenvalue weighted by Gasteiger charge is -2.08. The summed E-state index contributed by atoms with van der Waals surface area (Å²) in [5, 5.41) is 7.50. The van der Waals surface area contributed by atoms with Crippen molar-refractivity contribution in [3.8, 4) is 5.75 Å². The van der Waals surface area contributed by atoms with Crippen molar-refractivity contribution in [2.45, 2.75) is 6.61 Å². The fourth-order valence-corrected chi connectivity index (χ4v) is 1.60. The van der Waals surface area contributed by atoms with Gasteiger partial charge in [-0.05, 0) is 30.3 Å². The highest BCUT2D eigenvalue weighted by Crippen LogP contribution is 2.15. The Labute approximate surface area is 111 Å². The summed E-state index contributed by atoms with van der Waals surface area (Å²) in [7, 11) is 1.45. The van der Waals surface area contributed by atoms with Gasteiger partial charge in [0.2, 0.25) is 5.90 Å². The standard InChI is InChI=1S/C15H14FNO2/c1-18-15(17)11-6-8-13(9-7-11)19-10-12-4-2-3-5-14(12)16/h2-9,17H,10H2,1H3. The van der Waals surface area contributed by atoms with E-state index in [2.05, 4.69) is 0 Å². The SMILES string of the molecule is COC(=N)c1ccc(OCc2ccccc2F)cc1. The van der Waals surface area contributed by atoms with E-state index in [1.165, 1.54) is 13.2 Å². The fourth-order valence-electron chi connectivity index (χ4n) is 1.60. The van der Waals surface area contributed by atoms with Gasteiger partial charge >= 0.3 is 0 Å². The Bertz CT molecular complexity index is 567. The quantitative estimate of drug-likeness (QED) is 0.675. The van der Waals surface area contributed by atoms with Crippen LogP contribution in [0.15, 0.2) is 48.5 Å².